The van der Waals surface area contributed by atoms with E-state index in [-0.39, 0.29) is 11.4 Å². The van der Waals surface area contributed by atoms with Crippen molar-refractivity contribution in [1.29, 1.82) is 0 Å². The molecule has 0 heterocycles. The van der Waals surface area contributed by atoms with Gasteiger partial charge in [0, 0.05) is 20.1 Å². The predicted octanol–water partition coefficient (Wildman–Crippen LogP) is 1.17. The molecule has 1 rings (SSSR count). The lowest BCUT2D eigenvalue weighted by molar-refractivity contribution is -0.383. The number of para-hydroxylation sites is 1. The van der Waals surface area contributed by atoms with Crippen LogP contribution in [-0.2, 0) is 0 Å². The molecule has 0 spiro atoms. The van der Waals surface area contributed by atoms with Gasteiger partial charge < -0.3 is 15.5 Å². The van der Waals surface area contributed by atoms with Gasteiger partial charge in [-0.2, -0.15) is 0 Å². The Morgan fingerprint density at radius 3 is 2.47 bits per heavy atom. The lowest BCUT2D eigenvalue weighted by Gasteiger charge is -2.21. The van der Waals surface area contributed by atoms with E-state index in [9.17, 15) is 10.1 Å². The molecule has 0 aromatic heterocycles. The van der Waals surface area contributed by atoms with Crippen molar-refractivity contribution in [3.05, 3.63) is 28.3 Å². The van der Waals surface area contributed by atoms with E-state index >= 15 is 0 Å². The summed E-state index contributed by atoms with van der Waals surface area (Å²) in [7, 11) is 5.74. The Labute approximate surface area is 101 Å². The summed E-state index contributed by atoms with van der Waals surface area (Å²) in [4.78, 5) is 14.4. The molecule has 0 atom stereocenters. The smallest absolute Gasteiger partial charge is 0.315 e. The first-order valence-electron chi connectivity index (χ1n) is 5.32. The average Bonchev–Trinajstić information content (AvgIpc) is 2.24. The molecule has 0 unspecified atom stereocenters. The summed E-state index contributed by atoms with van der Waals surface area (Å²) in [5, 5.41) is 11.0. The number of nitro groups is 1. The van der Waals surface area contributed by atoms with Crippen LogP contribution in [-0.4, -0.2) is 44.1 Å². The largest absolute Gasteiger partial charge is 0.393 e. The van der Waals surface area contributed by atoms with E-state index in [4.69, 9.17) is 5.73 Å². The summed E-state index contributed by atoms with van der Waals surface area (Å²) in [6, 6.07) is 4.98. The van der Waals surface area contributed by atoms with E-state index in [2.05, 4.69) is 0 Å². The number of benzene rings is 1. The van der Waals surface area contributed by atoms with Crippen molar-refractivity contribution < 1.29 is 4.92 Å². The van der Waals surface area contributed by atoms with Crippen LogP contribution in [0.2, 0.25) is 0 Å². The van der Waals surface area contributed by atoms with Gasteiger partial charge in [-0.1, -0.05) is 6.07 Å². The van der Waals surface area contributed by atoms with Gasteiger partial charge >= 0.3 is 5.69 Å². The van der Waals surface area contributed by atoms with Crippen LogP contribution in [0.1, 0.15) is 0 Å². The molecule has 1 aromatic rings. The fraction of sp³-hybridized carbons (Fsp3) is 0.455. The molecule has 1 aromatic carbocycles. The van der Waals surface area contributed by atoms with E-state index in [1.807, 2.05) is 30.9 Å². The Morgan fingerprint density at radius 2 is 1.94 bits per heavy atom. The van der Waals surface area contributed by atoms with Crippen molar-refractivity contribution in [2.75, 3.05) is 44.9 Å². The molecule has 0 saturated heterocycles. The van der Waals surface area contributed by atoms with Gasteiger partial charge in [0.1, 0.15) is 11.4 Å². The Hall–Kier alpha value is -1.82. The topological polar surface area (TPSA) is 75.6 Å². The number of nitro benzene ring substituents is 1. The monoisotopic (exact) mass is 238 g/mol. The standard InChI is InChI=1S/C11H18N4O2/c1-13(2)7-8-14(3)10-6-4-5-9(12)11(10)15(16)17/h4-6H,7-8,12H2,1-3H3. The number of likely N-dealkylation sites (N-methyl/N-ethyl adjacent to an activating group) is 2. The molecule has 0 aliphatic heterocycles. The van der Waals surface area contributed by atoms with Crippen LogP contribution in [0.3, 0.4) is 0 Å². The quantitative estimate of drug-likeness (QED) is 0.473. The molecule has 0 saturated carbocycles. The second-order valence-corrected chi connectivity index (χ2v) is 4.20. The third-order valence-corrected chi connectivity index (χ3v) is 2.52. The van der Waals surface area contributed by atoms with Gasteiger partial charge in [-0.05, 0) is 26.2 Å². The SMILES string of the molecule is CN(C)CCN(C)c1cccc(N)c1[N+](=O)[O-]. The van der Waals surface area contributed by atoms with Gasteiger partial charge in [-0.25, -0.2) is 0 Å². The number of hydrogen-bond acceptors (Lipinski definition) is 5. The van der Waals surface area contributed by atoms with Crippen molar-refractivity contribution in [3.63, 3.8) is 0 Å². The Kier molecular flexibility index (Phi) is 4.28. The molecule has 0 fully saturated rings. The van der Waals surface area contributed by atoms with E-state index in [1.54, 1.807) is 18.2 Å². The lowest BCUT2D eigenvalue weighted by Crippen LogP contribution is -2.29. The molecule has 0 aliphatic carbocycles. The minimum absolute atomic E-state index is 0.0197. The maximum absolute atomic E-state index is 11.0. The molecule has 0 radical (unpaired) electrons. The zero-order valence-electron chi connectivity index (χ0n) is 10.4. The Bertz CT molecular complexity index is 406. The highest BCUT2D eigenvalue weighted by molar-refractivity contribution is 5.75. The molecular weight excluding hydrogens is 220 g/mol. The van der Waals surface area contributed by atoms with E-state index in [1.165, 1.54) is 0 Å². The first kappa shape index (κ1) is 13.2. The van der Waals surface area contributed by atoms with Crippen molar-refractivity contribution >= 4 is 17.1 Å². The number of rotatable bonds is 5. The summed E-state index contributed by atoms with van der Waals surface area (Å²) in [6.07, 6.45) is 0. The summed E-state index contributed by atoms with van der Waals surface area (Å²) in [5.74, 6) is 0. The van der Waals surface area contributed by atoms with Crippen molar-refractivity contribution in [3.8, 4) is 0 Å². The molecule has 17 heavy (non-hydrogen) atoms. The molecule has 94 valence electrons. The molecule has 0 aliphatic rings. The fourth-order valence-electron chi connectivity index (χ4n) is 1.53. The second-order valence-electron chi connectivity index (χ2n) is 4.20. The van der Waals surface area contributed by atoms with Crippen LogP contribution < -0.4 is 10.6 Å². The van der Waals surface area contributed by atoms with Crippen LogP contribution in [0.5, 0.6) is 0 Å². The minimum atomic E-state index is -0.434. The van der Waals surface area contributed by atoms with Crippen molar-refractivity contribution in [1.82, 2.24) is 4.90 Å². The Balaban J connectivity index is 2.96. The highest BCUT2D eigenvalue weighted by atomic mass is 16.6. The molecular formula is C11H18N4O2. The normalized spacial score (nSPS) is 10.6. The molecule has 6 heteroatoms. The number of hydrogen-bond donors (Lipinski definition) is 1. The van der Waals surface area contributed by atoms with Gasteiger partial charge in [0.15, 0.2) is 0 Å². The van der Waals surface area contributed by atoms with Gasteiger partial charge in [0.05, 0.1) is 4.92 Å². The predicted molar refractivity (Wildman–Crippen MR) is 69.3 cm³/mol. The zero-order valence-corrected chi connectivity index (χ0v) is 10.4. The summed E-state index contributed by atoms with van der Waals surface area (Å²) in [5.41, 5.74) is 6.37. The number of nitrogen functional groups attached to an aromatic ring is 1. The molecule has 6 nitrogen and oxygen atoms in total. The number of anilines is 2. The van der Waals surface area contributed by atoms with Crippen LogP contribution in [0, 0.1) is 10.1 Å². The van der Waals surface area contributed by atoms with Crippen LogP contribution in [0.4, 0.5) is 17.1 Å². The second kappa shape index (κ2) is 5.49. The molecule has 0 amide bonds. The molecule has 2 N–H and O–H groups in total. The van der Waals surface area contributed by atoms with Gasteiger partial charge in [-0.15, -0.1) is 0 Å². The van der Waals surface area contributed by atoms with E-state index in [0.717, 1.165) is 6.54 Å². The summed E-state index contributed by atoms with van der Waals surface area (Å²) in [6.45, 7) is 1.53. The minimum Gasteiger partial charge on any atom is -0.393 e. The van der Waals surface area contributed by atoms with Gasteiger partial charge in [0.2, 0.25) is 0 Å². The summed E-state index contributed by atoms with van der Waals surface area (Å²) >= 11 is 0. The highest BCUT2D eigenvalue weighted by Crippen LogP contribution is 2.32. The van der Waals surface area contributed by atoms with Gasteiger partial charge in [0.25, 0.3) is 0 Å². The van der Waals surface area contributed by atoms with Crippen LogP contribution >= 0.6 is 0 Å². The first-order valence-corrected chi connectivity index (χ1v) is 5.32. The molecule has 0 bridgehead atoms. The summed E-state index contributed by atoms with van der Waals surface area (Å²) < 4.78 is 0. The highest BCUT2D eigenvalue weighted by Gasteiger charge is 2.20. The fourth-order valence-corrected chi connectivity index (χ4v) is 1.53. The maximum Gasteiger partial charge on any atom is 0.315 e. The number of nitrogens with zero attached hydrogens (tertiary/aromatic N) is 3. The third-order valence-electron chi connectivity index (χ3n) is 2.52. The Morgan fingerprint density at radius 1 is 1.29 bits per heavy atom. The van der Waals surface area contributed by atoms with Crippen LogP contribution in [0.15, 0.2) is 18.2 Å². The first-order chi connectivity index (χ1) is 7.93. The maximum atomic E-state index is 11.0. The van der Waals surface area contributed by atoms with E-state index in [0.29, 0.717) is 12.2 Å². The van der Waals surface area contributed by atoms with Crippen LogP contribution in [0.25, 0.3) is 0 Å². The lowest BCUT2D eigenvalue weighted by atomic mass is 10.2. The van der Waals surface area contributed by atoms with Crippen molar-refractivity contribution in [2.24, 2.45) is 0 Å². The number of nitrogens with two attached hydrogens (primary N) is 1. The average molecular weight is 238 g/mol. The van der Waals surface area contributed by atoms with E-state index < -0.39 is 4.92 Å². The van der Waals surface area contributed by atoms with Crippen molar-refractivity contribution in [2.45, 2.75) is 0 Å². The third kappa shape index (κ3) is 3.32. The zero-order chi connectivity index (χ0) is 13.0. The van der Waals surface area contributed by atoms with Gasteiger partial charge in [-0.3, -0.25) is 10.1 Å².